The van der Waals surface area contributed by atoms with E-state index in [2.05, 4.69) is 20.3 Å². The molecule has 1 aliphatic carbocycles. The Morgan fingerprint density at radius 2 is 2.29 bits per heavy atom. The maximum atomic E-state index is 11.0. The fourth-order valence-corrected chi connectivity index (χ4v) is 2.85. The molecule has 0 atom stereocenters. The number of aromatic nitrogens is 4. The molecule has 6 nitrogen and oxygen atoms in total. The highest BCUT2D eigenvalue weighted by Crippen LogP contribution is 2.31. The molecule has 0 amide bonds. The number of tetrazole rings is 1. The van der Waals surface area contributed by atoms with Gasteiger partial charge in [0.15, 0.2) is 0 Å². The summed E-state index contributed by atoms with van der Waals surface area (Å²) >= 11 is 1.51. The molecule has 1 aromatic heterocycles. The largest absolute Gasteiger partial charge is 0.469 e. The summed E-state index contributed by atoms with van der Waals surface area (Å²) in [6, 6.07) is 0.436. The minimum atomic E-state index is -0.197. The Kier molecular flexibility index (Phi) is 4.36. The van der Waals surface area contributed by atoms with Gasteiger partial charge in [0.2, 0.25) is 5.16 Å². The second kappa shape index (κ2) is 6.00. The highest BCUT2D eigenvalue weighted by molar-refractivity contribution is 7.99. The van der Waals surface area contributed by atoms with E-state index in [1.807, 2.05) is 4.68 Å². The van der Waals surface area contributed by atoms with Crippen molar-refractivity contribution >= 4 is 17.7 Å². The molecular weight excluding hydrogens is 240 g/mol. The normalized spacial score (nSPS) is 16.3. The van der Waals surface area contributed by atoms with E-state index in [-0.39, 0.29) is 5.97 Å². The van der Waals surface area contributed by atoms with Gasteiger partial charge in [-0.1, -0.05) is 24.6 Å². The van der Waals surface area contributed by atoms with Crippen LogP contribution in [0.25, 0.3) is 0 Å². The minimum Gasteiger partial charge on any atom is -0.469 e. The van der Waals surface area contributed by atoms with E-state index in [9.17, 15) is 4.79 Å². The molecule has 0 unspecified atom stereocenters. The van der Waals surface area contributed by atoms with Gasteiger partial charge >= 0.3 is 5.97 Å². The molecule has 0 aromatic carbocycles. The molecule has 17 heavy (non-hydrogen) atoms. The lowest BCUT2D eigenvalue weighted by Gasteiger charge is -2.10. The first kappa shape index (κ1) is 12.3. The van der Waals surface area contributed by atoms with Crippen LogP contribution in [0.3, 0.4) is 0 Å². The van der Waals surface area contributed by atoms with Crippen LogP contribution in [0.5, 0.6) is 0 Å². The van der Waals surface area contributed by atoms with Gasteiger partial charge < -0.3 is 4.74 Å². The Bertz CT molecular complexity index is 376. The van der Waals surface area contributed by atoms with Crippen molar-refractivity contribution in [1.82, 2.24) is 20.2 Å². The molecule has 1 fully saturated rings. The van der Waals surface area contributed by atoms with Crippen LogP contribution in [0.1, 0.15) is 38.1 Å². The number of carbonyl (C=O) groups is 1. The van der Waals surface area contributed by atoms with Gasteiger partial charge in [0.05, 0.1) is 19.6 Å². The summed E-state index contributed by atoms with van der Waals surface area (Å²) < 4.78 is 6.49. The van der Waals surface area contributed by atoms with E-state index >= 15 is 0 Å². The van der Waals surface area contributed by atoms with Crippen molar-refractivity contribution in [3.8, 4) is 0 Å². The van der Waals surface area contributed by atoms with Crippen molar-refractivity contribution in [2.24, 2.45) is 0 Å². The molecular formula is C10H16N4O2S. The zero-order valence-corrected chi connectivity index (χ0v) is 10.7. The summed E-state index contributed by atoms with van der Waals surface area (Å²) in [5.74, 6) is 0.456. The van der Waals surface area contributed by atoms with Gasteiger partial charge in [0, 0.05) is 5.75 Å². The summed E-state index contributed by atoms with van der Waals surface area (Å²) in [7, 11) is 1.40. The van der Waals surface area contributed by atoms with Crippen molar-refractivity contribution in [2.75, 3.05) is 12.9 Å². The van der Waals surface area contributed by atoms with E-state index in [1.165, 1.54) is 31.7 Å². The zero-order valence-electron chi connectivity index (χ0n) is 9.83. The Balaban J connectivity index is 1.88. The Hall–Kier alpha value is -1.11. The molecule has 0 spiro atoms. The number of thioether (sulfide) groups is 1. The fourth-order valence-electron chi connectivity index (χ4n) is 1.99. The van der Waals surface area contributed by atoms with Crippen molar-refractivity contribution in [3.05, 3.63) is 0 Å². The summed E-state index contributed by atoms with van der Waals surface area (Å²) in [5, 5.41) is 12.5. The number of hydrogen-bond donors (Lipinski definition) is 0. The van der Waals surface area contributed by atoms with Gasteiger partial charge in [-0.15, -0.1) is 5.10 Å². The zero-order chi connectivity index (χ0) is 12.1. The summed E-state index contributed by atoms with van der Waals surface area (Å²) in [6.07, 6.45) is 5.18. The lowest BCUT2D eigenvalue weighted by molar-refractivity contribution is -0.140. The standard InChI is InChI=1S/C10H16N4O2S/c1-16-9(15)6-7-17-10-11-12-13-14(10)8-4-2-3-5-8/h8H,2-7H2,1H3. The lowest BCUT2D eigenvalue weighted by atomic mass is 10.3. The van der Waals surface area contributed by atoms with Crippen LogP contribution in [0.2, 0.25) is 0 Å². The first-order chi connectivity index (χ1) is 8.31. The third-order valence-electron chi connectivity index (χ3n) is 2.90. The number of ether oxygens (including phenoxy) is 1. The van der Waals surface area contributed by atoms with Gasteiger partial charge in [-0.25, -0.2) is 4.68 Å². The average Bonchev–Trinajstić information content (AvgIpc) is 2.98. The number of carbonyl (C=O) groups excluding carboxylic acids is 1. The van der Waals surface area contributed by atoms with Crippen LogP contribution in [0, 0.1) is 0 Å². The number of nitrogens with zero attached hydrogens (tertiary/aromatic N) is 4. The summed E-state index contributed by atoms with van der Waals surface area (Å²) in [4.78, 5) is 11.0. The SMILES string of the molecule is COC(=O)CCSc1nnnn1C1CCCC1. The van der Waals surface area contributed by atoms with Gasteiger partial charge in [-0.3, -0.25) is 4.79 Å². The smallest absolute Gasteiger partial charge is 0.306 e. The van der Waals surface area contributed by atoms with Gasteiger partial charge in [0.1, 0.15) is 0 Å². The van der Waals surface area contributed by atoms with E-state index in [4.69, 9.17) is 0 Å². The molecule has 1 aromatic rings. The maximum Gasteiger partial charge on any atom is 0.306 e. The van der Waals surface area contributed by atoms with Gasteiger partial charge in [-0.2, -0.15) is 0 Å². The van der Waals surface area contributed by atoms with Crippen LogP contribution >= 0.6 is 11.8 Å². The molecule has 1 aliphatic rings. The fraction of sp³-hybridized carbons (Fsp3) is 0.800. The topological polar surface area (TPSA) is 69.9 Å². The first-order valence-electron chi connectivity index (χ1n) is 5.78. The van der Waals surface area contributed by atoms with E-state index in [1.54, 1.807) is 0 Å². The second-order valence-corrected chi connectivity index (χ2v) is 5.08. The van der Waals surface area contributed by atoms with Gasteiger partial charge in [-0.05, 0) is 23.3 Å². The third-order valence-corrected chi connectivity index (χ3v) is 3.83. The Morgan fingerprint density at radius 3 is 3.00 bits per heavy atom. The number of esters is 1. The Labute approximate surface area is 104 Å². The predicted molar refractivity (Wildman–Crippen MR) is 62.7 cm³/mol. The maximum absolute atomic E-state index is 11.0. The number of hydrogen-bond acceptors (Lipinski definition) is 6. The predicted octanol–water partition coefficient (Wildman–Crippen LogP) is 1.44. The van der Waals surface area contributed by atoms with E-state index in [0.29, 0.717) is 18.2 Å². The van der Waals surface area contributed by atoms with Crippen molar-refractivity contribution in [3.63, 3.8) is 0 Å². The average molecular weight is 256 g/mol. The van der Waals surface area contributed by atoms with Crippen LogP contribution in [0.4, 0.5) is 0 Å². The third kappa shape index (κ3) is 3.18. The molecule has 0 radical (unpaired) electrons. The summed E-state index contributed by atoms with van der Waals surface area (Å²) in [5.41, 5.74) is 0. The Morgan fingerprint density at radius 1 is 1.53 bits per heavy atom. The molecule has 1 heterocycles. The van der Waals surface area contributed by atoms with E-state index in [0.717, 1.165) is 18.0 Å². The highest BCUT2D eigenvalue weighted by atomic mass is 32.2. The summed E-state index contributed by atoms with van der Waals surface area (Å²) in [6.45, 7) is 0. The van der Waals surface area contributed by atoms with Gasteiger partial charge in [0.25, 0.3) is 0 Å². The monoisotopic (exact) mass is 256 g/mol. The quantitative estimate of drug-likeness (QED) is 0.586. The molecule has 0 saturated heterocycles. The molecule has 7 heteroatoms. The molecule has 0 aliphatic heterocycles. The number of rotatable bonds is 5. The first-order valence-corrected chi connectivity index (χ1v) is 6.77. The highest BCUT2D eigenvalue weighted by Gasteiger charge is 2.21. The molecule has 1 saturated carbocycles. The molecule has 0 bridgehead atoms. The van der Waals surface area contributed by atoms with Crippen molar-refractivity contribution in [2.45, 2.75) is 43.3 Å². The van der Waals surface area contributed by atoms with Crippen LogP contribution < -0.4 is 0 Å². The van der Waals surface area contributed by atoms with E-state index < -0.39 is 0 Å². The molecule has 0 N–H and O–H groups in total. The van der Waals surface area contributed by atoms with Crippen LogP contribution in [-0.4, -0.2) is 39.0 Å². The van der Waals surface area contributed by atoms with Crippen LogP contribution in [0.15, 0.2) is 5.16 Å². The van der Waals surface area contributed by atoms with Crippen molar-refractivity contribution < 1.29 is 9.53 Å². The van der Waals surface area contributed by atoms with Crippen LogP contribution in [-0.2, 0) is 9.53 Å². The minimum absolute atomic E-state index is 0.197. The van der Waals surface area contributed by atoms with Crippen molar-refractivity contribution in [1.29, 1.82) is 0 Å². The lowest BCUT2D eigenvalue weighted by Crippen LogP contribution is -2.09. The molecule has 2 rings (SSSR count). The second-order valence-electron chi connectivity index (χ2n) is 4.02. The molecule has 94 valence electrons. The number of methoxy groups -OCH3 is 1.